The molecule has 1 saturated carbocycles. The van der Waals surface area contributed by atoms with Gasteiger partial charge >= 0.3 is 0 Å². The quantitative estimate of drug-likeness (QED) is 0.850. The molecule has 1 aromatic rings. The van der Waals surface area contributed by atoms with Crippen LogP contribution >= 0.6 is 0 Å². The van der Waals surface area contributed by atoms with Crippen LogP contribution in [0.5, 0.6) is 0 Å². The predicted octanol–water partition coefficient (Wildman–Crippen LogP) is 3.15. The number of nitrogens with zero attached hydrogens (tertiary/aromatic N) is 1. The number of hydrogen-bond donors (Lipinski definition) is 1. The summed E-state index contributed by atoms with van der Waals surface area (Å²) in [5, 5.41) is 3.54. The maximum atomic E-state index is 12.0. The third-order valence-corrected chi connectivity index (χ3v) is 4.78. The Morgan fingerprint density at radius 1 is 1.14 bits per heavy atom. The fraction of sp³-hybridized carbons (Fsp3) is 0.529. The average Bonchev–Trinajstić information content (AvgIpc) is 2.79. The Kier molecular flexibility index (Phi) is 3.08. The summed E-state index contributed by atoms with van der Waals surface area (Å²) in [5.74, 6) is 0.184. The molecule has 1 aliphatic heterocycles. The van der Waals surface area contributed by atoms with Gasteiger partial charge in [-0.3, -0.25) is 14.5 Å². The van der Waals surface area contributed by atoms with Crippen molar-refractivity contribution in [3.05, 3.63) is 29.3 Å². The van der Waals surface area contributed by atoms with Gasteiger partial charge in [0.1, 0.15) is 0 Å². The Balaban J connectivity index is 1.83. The largest absolute Gasteiger partial charge is 0.382 e. The maximum Gasteiger partial charge on any atom is 0.261 e. The molecule has 0 bridgehead atoms. The number of carbonyl (C=O) groups excluding carboxylic acids is 2. The number of rotatable bonds is 2. The molecule has 2 atom stereocenters. The lowest BCUT2D eigenvalue weighted by atomic mass is 9.91. The van der Waals surface area contributed by atoms with Crippen LogP contribution < -0.4 is 5.32 Å². The summed E-state index contributed by atoms with van der Waals surface area (Å²) < 4.78 is 0. The Morgan fingerprint density at radius 2 is 1.81 bits per heavy atom. The number of fused-ring (bicyclic) bond motifs is 1. The van der Waals surface area contributed by atoms with Crippen molar-refractivity contribution in [3.8, 4) is 0 Å². The second-order valence-electron chi connectivity index (χ2n) is 7.23. The molecule has 0 spiro atoms. The fourth-order valence-electron chi connectivity index (χ4n) is 3.75. The first-order valence-electron chi connectivity index (χ1n) is 7.51. The topological polar surface area (TPSA) is 49.4 Å². The van der Waals surface area contributed by atoms with Crippen molar-refractivity contribution in [2.24, 2.45) is 11.3 Å². The van der Waals surface area contributed by atoms with E-state index >= 15 is 0 Å². The minimum Gasteiger partial charge on any atom is -0.382 e. The van der Waals surface area contributed by atoms with Crippen molar-refractivity contribution in [2.45, 2.75) is 39.7 Å². The van der Waals surface area contributed by atoms with E-state index in [1.165, 1.54) is 18.4 Å². The second kappa shape index (κ2) is 4.58. The minimum atomic E-state index is -0.211. The molecule has 4 heteroatoms. The number of hydrogen-bond acceptors (Lipinski definition) is 3. The maximum absolute atomic E-state index is 12.0. The van der Waals surface area contributed by atoms with Crippen LogP contribution in [0.25, 0.3) is 0 Å². The summed E-state index contributed by atoms with van der Waals surface area (Å²) >= 11 is 0. The lowest BCUT2D eigenvalue weighted by Gasteiger charge is -2.20. The standard InChI is InChI=1S/C17H22N2O2/c1-10-8-17(2,3)9-14(10)18-11-5-6-12-13(7-11)16(21)19(4)15(12)20/h5-7,10,14,18H,8-9H2,1-4H3. The van der Waals surface area contributed by atoms with Crippen LogP contribution in [0.2, 0.25) is 0 Å². The predicted molar refractivity (Wildman–Crippen MR) is 82.5 cm³/mol. The summed E-state index contributed by atoms with van der Waals surface area (Å²) in [6, 6.07) is 5.90. The van der Waals surface area contributed by atoms with Crippen LogP contribution in [0.1, 0.15) is 54.3 Å². The van der Waals surface area contributed by atoms with Gasteiger partial charge in [0.25, 0.3) is 11.8 Å². The highest BCUT2D eigenvalue weighted by Gasteiger charge is 2.37. The molecule has 0 saturated heterocycles. The molecular weight excluding hydrogens is 264 g/mol. The Morgan fingerprint density at radius 3 is 2.43 bits per heavy atom. The third-order valence-electron chi connectivity index (χ3n) is 4.78. The first-order valence-corrected chi connectivity index (χ1v) is 7.51. The Hall–Kier alpha value is -1.84. The van der Waals surface area contributed by atoms with Gasteiger partial charge in [-0.05, 0) is 42.4 Å². The van der Waals surface area contributed by atoms with E-state index in [4.69, 9.17) is 0 Å². The van der Waals surface area contributed by atoms with Crippen molar-refractivity contribution >= 4 is 17.5 Å². The zero-order chi connectivity index (χ0) is 15.4. The highest BCUT2D eigenvalue weighted by Crippen LogP contribution is 2.42. The molecule has 2 aliphatic rings. The van der Waals surface area contributed by atoms with Gasteiger partial charge in [-0.1, -0.05) is 20.8 Å². The highest BCUT2D eigenvalue weighted by atomic mass is 16.2. The monoisotopic (exact) mass is 286 g/mol. The van der Waals surface area contributed by atoms with Crippen LogP contribution in [-0.4, -0.2) is 29.8 Å². The van der Waals surface area contributed by atoms with Gasteiger partial charge in [0, 0.05) is 18.8 Å². The van der Waals surface area contributed by atoms with Crippen LogP contribution in [0.15, 0.2) is 18.2 Å². The lowest BCUT2D eigenvalue weighted by molar-refractivity contribution is 0.0693. The Bertz CT molecular complexity index is 621. The molecule has 1 fully saturated rings. The number of carbonyl (C=O) groups is 2. The molecule has 1 heterocycles. The first-order chi connectivity index (χ1) is 9.78. The van der Waals surface area contributed by atoms with Gasteiger partial charge in [-0.25, -0.2) is 0 Å². The van der Waals surface area contributed by atoms with Crippen LogP contribution in [0.3, 0.4) is 0 Å². The van der Waals surface area contributed by atoms with E-state index in [9.17, 15) is 9.59 Å². The molecule has 2 amide bonds. The zero-order valence-corrected chi connectivity index (χ0v) is 13.1. The van der Waals surface area contributed by atoms with Crippen molar-refractivity contribution in [1.82, 2.24) is 4.90 Å². The number of nitrogens with one attached hydrogen (secondary N) is 1. The van der Waals surface area contributed by atoms with Crippen molar-refractivity contribution in [3.63, 3.8) is 0 Å². The molecule has 1 aromatic carbocycles. The van der Waals surface area contributed by atoms with Gasteiger partial charge in [0.2, 0.25) is 0 Å². The molecule has 1 aliphatic carbocycles. The van der Waals surface area contributed by atoms with Gasteiger partial charge in [0.05, 0.1) is 11.1 Å². The van der Waals surface area contributed by atoms with Crippen molar-refractivity contribution < 1.29 is 9.59 Å². The van der Waals surface area contributed by atoms with E-state index in [1.54, 1.807) is 6.07 Å². The molecule has 0 aromatic heterocycles. The van der Waals surface area contributed by atoms with Crippen molar-refractivity contribution in [1.29, 1.82) is 0 Å². The number of imide groups is 1. The molecule has 4 nitrogen and oxygen atoms in total. The van der Waals surface area contributed by atoms with E-state index in [0.29, 0.717) is 28.5 Å². The van der Waals surface area contributed by atoms with E-state index in [1.807, 2.05) is 12.1 Å². The Labute approximate surface area is 125 Å². The average molecular weight is 286 g/mol. The summed E-state index contributed by atoms with van der Waals surface area (Å²) in [6.45, 7) is 6.86. The van der Waals surface area contributed by atoms with Crippen LogP contribution in [0, 0.1) is 11.3 Å². The fourth-order valence-corrected chi connectivity index (χ4v) is 3.75. The number of anilines is 1. The third kappa shape index (κ3) is 2.33. The summed E-state index contributed by atoms with van der Waals surface area (Å²) in [4.78, 5) is 25.1. The molecular formula is C17H22N2O2. The van der Waals surface area contributed by atoms with Gasteiger partial charge < -0.3 is 5.32 Å². The number of benzene rings is 1. The lowest BCUT2D eigenvalue weighted by Crippen LogP contribution is -2.24. The van der Waals surface area contributed by atoms with Crippen LogP contribution in [-0.2, 0) is 0 Å². The summed E-state index contributed by atoms with van der Waals surface area (Å²) in [5.41, 5.74) is 2.31. The minimum absolute atomic E-state index is 0.210. The van der Waals surface area contributed by atoms with Gasteiger partial charge in [0.15, 0.2) is 0 Å². The normalized spacial score (nSPS) is 27.1. The van der Waals surface area contributed by atoms with E-state index in [-0.39, 0.29) is 11.8 Å². The summed E-state index contributed by atoms with van der Waals surface area (Å²) in [6.07, 6.45) is 2.33. The zero-order valence-electron chi connectivity index (χ0n) is 13.1. The summed E-state index contributed by atoms with van der Waals surface area (Å²) in [7, 11) is 1.53. The second-order valence-corrected chi connectivity index (χ2v) is 7.23. The molecule has 112 valence electrons. The molecule has 1 N–H and O–H groups in total. The van der Waals surface area contributed by atoms with E-state index in [2.05, 4.69) is 26.1 Å². The molecule has 3 rings (SSSR count). The molecule has 2 unspecified atom stereocenters. The van der Waals surface area contributed by atoms with Crippen molar-refractivity contribution in [2.75, 3.05) is 12.4 Å². The molecule has 21 heavy (non-hydrogen) atoms. The smallest absolute Gasteiger partial charge is 0.261 e. The molecule has 0 radical (unpaired) electrons. The SMILES string of the molecule is CC1CC(C)(C)CC1Nc1ccc2c(c1)C(=O)N(C)C2=O. The number of amides is 2. The van der Waals surface area contributed by atoms with E-state index < -0.39 is 0 Å². The van der Waals surface area contributed by atoms with E-state index in [0.717, 1.165) is 12.1 Å². The van der Waals surface area contributed by atoms with Gasteiger partial charge in [-0.2, -0.15) is 0 Å². The van der Waals surface area contributed by atoms with Gasteiger partial charge in [-0.15, -0.1) is 0 Å². The highest BCUT2D eigenvalue weighted by molar-refractivity contribution is 6.21. The first kappa shape index (κ1) is 14.1. The van der Waals surface area contributed by atoms with Crippen LogP contribution in [0.4, 0.5) is 5.69 Å².